The summed E-state index contributed by atoms with van der Waals surface area (Å²) in [6, 6.07) is 12.3. The van der Waals surface area contributed by atoms with Crippen LogP contribution in [0.25, 0.3) is 11.1 Å². The molecule has 4 rings (SSSR count). The average Bonchev–Trinajstić information content (AvgIpc) is 3.08. The van der Waals surface area contributed by atoms with E-state index >= 15 is 0 Å². The van der Waals surface area contributed by atoms with Crippen molar-refractivity contribution in [3.05, 3.63) is 88.0 Å². The van der Waals surface area contributed by atoms with Gasteiger partial charge in [0, 0.05) is 35.6 Å². The molecule has 0 radical (unpaired) electrons. The molecule has 1 aliphatic rings. The van der Waals surface area contributed by atoms with Crippen molar-refractivity contribution in [3.8, 4) is 11.1 Å². The zero-order chi connectivity index (χ0) is 19.7. The van der Waals surface area contributed by atoms with E-state index in [1.807, 2.05) is 18.2 Å². The summed E-state index contributed by atoms with van der Waals surface area (Å²) in [6.07, 6.45) is 4.48. The van der Waals surface area contributed by atoms with Gasteiger partial charge in [-0.25, -0.2) is 9.18 Å². The lowest BCUT2D eigenvalue weighted by Crippen LogP contribution is -2.13. The summed E-state index contributed by atoms with van der Waals surface area (Å²) < 4.78 is 14.2. The minimum Gasteiger partial charge on any atom is -0.478 e. The third kappa shape index (κ3) is 3.63. The number of nitrogens with one attached hydrogen (secondary N) is 1. The van der Waals surface area contributed by atoms with Crippen molar-refractivity contribution in [2.24, 2.45) is 0 Å². The van der Waals surface area contributed by atoms with Gasteiger partial charge in [0.15, 0.2) is 0 Å². The average molecular weight is 397 g/mol. The van der Waals surface area contributed by atoms with E-state index in [-0.39, 0.29) is 11.9 Å². The van der Waals surface area contributed by atoms with Crippen LogP contribution in [-0.2, 0) is 13.0 Å². The molecule has 142 valence electrons. The lowest BCUT2D eigenvalue weighted by atomic mass is 9.94. The topological polar surface area (TPSA) is 62.2 Å². The number of carbonyl (C=O) groups is 1. The number of benzene rings is 2. The van der Waals surface area contributed by atoms with Crippen LogP contribution >= 0.6 is 11.6 Å². The van der Waals surface area contributed by atoms with Crippen LogP contribution in [0.3, 0.4) is 0 Å². The Balaban J connectivity index is 1.53. The molecule has 0 bridgehead atoms. The largest absolute Gasteiger partial charge is 0.478 e. The Labute approximate surface area is 167 Å². The molecule has 4 nitrogen and oxygen atoms in total. The third-order valence-electron chi connectivity index (χ3n) is 5.14. The molecule has 1 aliphatic heterocycles. The number of aryl methyl sites for hydroxylation is 1. The minimum absolute atomic E-state index is 0.126. The van der Waals surface area contributed by atoms with Crippen LogP contribution in [0.1, 0.15) is 39.5 Å². The molecule has 0 saturated heterocycles. The summed E-state index contributed by atoms with van der Waals surface area (Å²) in [5, 5.41) is 13.1. The number of pyridine rings is 1. The second-order valence-corrected chi connectivity index (χ2v) is 7.28. The molecule has 1 atom stereocenters. The molecule has 6 heteroatoms. The summed E-state index contributed by atoms with van der Waals surface area (Å²) in [5.74, 6) is -1.28. The van der Waals surface area contributed by atoms with E-state index in [1.165, 1.54) is 23.9 Å². The van der Waals surface area contributed by atoms with Crippen LogP contribution in [0, 0.1) is 5.82 Å². The van der Waals surface area contributed by atoms with Crippen LogP contribution in [-0.4, -0.2) is 16.1 Å². The number of rotatable bonds is 5. The first-order chi connectivity index (χ1) is 13.5. The predicted octanol–water partition coefficient (Wildman–Crippen LogP) is 5.02. The van der Waals surface area contributed by atoms with Crippen LogP contribution < -0.4 is 5.32 Å². The Hall–Kier alpha value is -2.76. The molecular weight excluding hydrogens is 379 g/mol. The van der Waals surface area contributed by atoms with E-state index in [0.29, 0.717) is 29.1 Å². The molecule has 0 saturated carbocycles. The first kappa shape index (κ1) is 18.6. The van der Waals surface area contributed by atoms with Crippen molar-refractivity contribution in [2.45, 2.75) is 25.4 Å². The number of fused-ring (bicyclic) bond motifs is 1. The van der Waals surface area contributed by atoms with Gasteiger partial charge in [-0.15, -0.1) is 0 Å². The van der Waals surface area contributed by atoms with Gasteiger partial charge in [0.1, 0.15) is 5.82 Å². The first-order valence-corrected chi connectivity index (χ1v) is 9.38. The Morgan fingerprint density at radius 1 is 1.25 bits per heavy atom. The van der Waals surface area contributed by atoms with Gasteiger partial charge in [0.25, 0.3) is 0 Å². The molecule has 0 spiro atoms. The highest BCUT2D eigenvalue weighted by atomic mass is 35.5. The molecule has 1 aromatic heterocycles. The number of hydrogen-bond donors (Lipinski definition) is 2. The Bertz CT molecular complexity index is 1050. The summed E-state index contributed by atoms with van der Waals surface area (Å²) in [4.78, 5) is 15.4. The van der Waals surface area contributed by atoms with E-state index in [4.69, 9.17) is 11.6 Å². The van der Waals surface area contributed by atoms with Crippen molar-refractivity contribution in [1.82, 2.24) is 10.3 Å². The second-order valence-electron chi connectivity index (χ2n) is 6.85. The fraction of sp³-hybridized carbons (Fsp3) is 0.182. The number of nitrogens with zero attached hydrogens (tertiary/aromatic N) is 1. The quantitative estimate of drug-likeness (QED) is 0.636. The van der Waals surface area contributed by atoms with E-state index < -0.39 is 5.97 Å². The van der Waals surface area contributed by atoms with Crippen molar-refractivity contribution >= 4 is 17.6 Å². The number of aromatic carboxylic acids is 1. The van der Waals surface area contributed by atoms with E-state index in [2.05, 4.69) is 10.3 Å². The van der Waals surface area contributed by atoms with Gasteiger partial charge in [-0.3, -0.25) is 4.98 Å². The molecule has 2 aromatic carbocycles. The highest BCUT2D eigenvalue weighted by Gasteiger charge is 2.23. The highest BCUT2D eigenvalue weighted by molar-refractivity contribution is 6.30. The minimum atomic E-state index is -0.938. The van der Waals surface area contributed by atoms with Crippen molar-refractivity contribution in [1.29, 1.82) is 0 Å². The third-order valence-corrected chi connectivity index (χ3v) is 5.37. The number of carboxylic acid groups (broad SMARTS) is 1. The molecule has 0 fully saturated rings. The van der Waals surface area contributed by atoms with Crippen molar-refractivity contribution in [3.63, 3.8) is 0 Å². The van der Waals surface area contributed by atoms with Gasteiger partial charge in [-0.2, -0.15) is 0 Å². The van der Waals surface area contributed by atoms with E-state index in [1.54, 1.807) is 18.3 Å². The number of halogens is 2. The number of carboxylic acids is 1. The Kier molecular flexibility index (Phi) is 5.11. The molecule has 0 unspecified atom stereocenters. The highest BCUT2D eigenvalue weighted by Crippen LogP contribution is 2.34. The molecular formula is C22H18ClFN2O2. The number of aromatic nitrogens is 1. The number of hydrogen-bond acceptors (Lipinski definition) is 3. The van der Waals surface area contributed by atoms with Crippen LogP contribution in [0.15, 0.2) is 54.9 Å². The van der Waals surface area contributed by atoms with Gasteiger partial charge in [0.2, 0.25) is 0 Å². The van der Waals surface area contributed by atoms with Gasteiger partial charge >= 0.3 is 5.97 Å². The maximum absolute atomic E-state index is 14.2. The molecule has 3 aromatic rings. The smallest absolute Gasteiger partial charge is 0.336 e. The van der Waals surface area contributed by atoms with Gasteiger partial charge in [-0.05, 0) is 65.4 Å². The zero-order valence-electron chi connectivity index (χ0n) is 15.0. The van der Waals surface area contributed by atoms with Gasteiger partial charge in [0.05, 0.1) is 5.56 Å². The zero-order valence-corrected chi connectivity index (χ0v) is 15.7. The van der Waals surface area contributed by atoms with E-state index in [0.717, 1.165) is 23.1 Å². The SMILES string of the molecule is O=C(O)c1ccncc1CC[C@H]1NCc2cc(-c3ccc(Cl)cc3F)ccc21. The molecule has 2 heterocycles. The Morgan fingerprint density at radius 3 is 2.89 bits per heavy atom. The maximum Gasteiger partial charge on any atom is 0.336 e. The molecule has 28 heavy (non-hydrogen) atoms. The summed E-state index contributed by atoms with van der Waals surface area (Å²) in [7, 11) is 0. The first-order valence-electron chi connectivity index (χ1n) is 9.01. The van der Waals surface area contributed by atoms with Gasteiger partial charge < -0.3 is 10.4 Å². The Morgan fingerprint density at radius 2 is 2.11 bits per heavy atom. The summed E-state index contributed by atoms with van der Waals surface area (Å²) in [6.45, 7) is 0.696. The monoisotopic (exact) mass is 396 g/mol. The predicted molar refractivity (Wildman–Crippen MR) is 106 cm³/mol. The van der Waals surface area contributed by atoms with Crippen LogP contribution in [0.5, 0.6) is 0 Å². The lowest BCUT2D eigenvalue weighted by Gasteiger charge is -2.13. The molecule has 0 amide bonds. The molecule has 2 N–H and O–H groups in total. The van der Waals surface area contributed by atoms with Crippen molar-refractivity contribution in [2.75, 3.05) is 0 Å². The fourth-order valence-electron chi connectivity index (χ4n) is 3.73. The summed E-state index contributed by atoms with van der Waals surface area (Å²) >= 11 is 5.84. The standard InChI is InChI=1S/C22H18ClFN2O2/c23-16-3-5-17(20(24)10-16)13-1-4-18-15(9-13)12-26-21(18)6-2-14-11-25-8-7-19(14)22(27)28/h1,3-5,7-11,21,26H,2,6,12H2,(H,27,28)/t21-/m1/s1. The fourth-order valence-corrected chi connectivity index (χ4v) is 3.88. The van der Waals surface area contributed by atoms with Crippen molar-refractivity contribution < 1.29 is 14.3 Å². The second kappa shape index (κ2) is 7.70. The normalized spacial score (nSPS) is 15.4. The molecule has 0 aliphatic carbocycles. The van der Waals surface area contributed by atoms with E-state index in [9.17, 15) is 14.3 Å². The summed E-state index contributed by atoms with van der Waals surface area (Å²) in [5.41, 5.74) is 4.65. The van der Waals surface area contributed by atoms with Gasteiger partial charge in [-0.1, -0.05) is 23.7 Å². The van der Waals surface area contributed by atoms with Crippen LogP contribution in [0.2, 0.25) is 5.02 Å². The lowest BCUT2D eigenvalue weighted by molar-refractivity contribution is 0.0695. The maximum atomic E-state index is 14.2. The van der Waals surface area contributed by atoms with Crippen LogP contribution in [0.4, 0.5) is 4.39 Å².